The van der Waals surface area contributed by atoms with Gasteiger partial charge in [-0.3, -0.25) is 4.79 Å². The van der Waals surface area contributed by atoms with Crippen LogP contribution in [0.3, 0.4) is 0 Å². The lowest BCUT2D eigenvalue weighted by Gasteiger charge is -2.13. The second-order valence-electron chi connectivity index (χ2n) is 6.20. The summed E-state index contributed by atoms with van der Waals surface area (Å²) in [6.07, 6.45) is 1.75. The summed E-state index contributed by atoms with van der Waals surface area (Å²) in [5, 5.41) is 9.05. The number of methoxy groups -OCH3 is 1. The van der Waals surface area contributed by atoms with Gasteiger partial charge in [-0.1, -0.05) is 19.1 Å². The van der Waals surface area contributed by atoms with Crippen molar-refractivity contribution in [3.8, 4) is 5.75 Å². The number of hydrogen-bond donors (Lipinski definition) is 3. The lowest BCUT2D eigenvalue weighted by molar-refractivity contribution is -0.120. The van der Waals surface area contributed by atoms with Gasteiger partial charge < -0.3 is 25.4 Å². The number of nitrogens with zero attached hydrogens (tertiary/aromatic N) is 1. The maximum absolute atomic E-state index is 11.8. The summed E-state index contributed by atoms with van der Waals surface area (Å²) in [6, 6.07) is 6.10. The van der Waals surface area contributed by atoms with E-state index in [4.69, 9.17) is 9.47 Å². The average Bonchev–Trinajstić information content (AvgIpc) is 2.66. The Balaban J connectivity index is 2.69. The SMILES string of the molecule is CCCNC(=O)CNC(=NCc1ccc(C)cc1OCCCOC)NCC. The predicted octanol–water partition coefficient (Wildman–Crippen LogP) is 1.99. The highest BCUT2D eigenvalue weighted by molar-refractivity contribution is 5.86. The van der Waals surface area contributed by atoms with Crippen LogP contribution in [0.4, 0.5) is 0 Å². The first-order valence-electron chi connectivity index (χ1n) is 9.60. The molecule has 7 heteroatoms. The number of ether oxygens (including phenoxy) is 2. The molecule has 0 aliphatic rings. The number of hydrogen-bond acceptors (Lipinski definition) is 4. The van der Waals surface area contributed by atoms with E-state index in [1.807, 2.05) is 39.0 Å². The van der Waals surface area contributed by atoms with E-state index in [0.29, 0.717) is 32.3 Å². The molecule has 1 aromatic rings. The van der Waals surface area contributed by atoms with E-state index < -0.39 is 0 Å². The summed E-state index contributed by atoms with van der Waals surface area (Å²) in [4.78, 5) is 16.3. The first-order valence-corrected chi connectivity index (χ1v) is 9.60. The molecule has 0 heterocycles. The van der Waals surface area contributed by atoms with Crippen molar-refractivity contribution >= 4 is 11.9 Å². The van der Waals surface area contributed by atoms with E-state index in [1.165, 1.54) is 0 Å². The fourth-order valence-electron chi connectivity index (χ4n) is 2.31. The zero-order chi connectivity index (χ0) is 19.9. The van der Waals surface area contributed by atoms with Crippen LogP contribution in [0.25, 0.3) is 0 Å². The van der Waals surface area contributed by atoms with E-state index in [1.54, 1.807) is 7.11 Å². The molecule has 0 saturated carbocycles. The van der Waals surface area contributed by atoms with Gasteiger partial charge in [0.15, 0.2) is 5.96 Å². The van der Waals surface area contributed by atoms with Gasteiger partial charge in [0.25, 0.3) is 0 Å². The van der Waals surface area contributed by atoms with Crippen LogP contribution in [0, 0.1) is 6.92 Å². The Morgan fingerprint density at radius 1 is 1.15 bits per heavy atom. The van der Waals surface area contributed by atoms with Crippen LogP contribution in [-0.4, -0.2) is 51.8 Å². The zero-order valence-corrected chi connectivity index (χ0v) is 17.1. The first-order chi connectivity index (χ1) is 13.1. The molecule has 3 N–H and O–H groups in total. The summed E-state index contributed by atoms with van der Waals surface area (Å²) in [5.74, 6) is 1.40. The molecule has 0 bridgehead atoms. The Kier molecular flexibility index (Phi) is 11.7. The number of carbonyl (C=O) groups excluding carboxylic acids is 1. The van der Waals surface area contributed by atoms with E-state index in [0.717, 1.165) is 36.3 Å². The van der Waals surface area contributed by atoms with Gasteiger partial charge in [0.1, 0.15) is 5.75 Å². The van der Waals surface area contributed by atoms with Gasteiger partial charge in [0.05, 0.1) is 19.7 Å². The summed E-state index contributed by atoms with van der Waals surface area (Å²) in [7, 11) is 1.69. The third-order valence-electron chi connectivity index (χ3n) is 3.71. The smallest absolute Gasteiger partial charge is 0.239 e. The Labute approximate surface area is 162 Å². The molecule has 0 fully saturated rings. The monoisotopic (exact) mass is 378 g/mol. The number of carbonyl (C=O) groups is 1. The lowest BCUT2D eigenvalue weighted by Crippen LogP contribution is -2.43. The number of rotatable bonds is 12. The van der Waals surface area contributed by atoms with Crippen molar-refractivity contribution in [3.05, 3.63) is 29.3 Å². The first kappa shape index (κ1) is 22.8. The molecule has 0 unspecified atom stereocenters. The van der Waals surface area contributed by atoms with Crippen LogP contribution in [-0.2, 0) is 16.1 Å². The van der Waals surface area contributed by atoms with Gasteiger partial charge >= 0.3 is 0 Å². The third kappa shape index (κ3) is 9.84. The largest absolute Gasteiger partial charge is 0.493 e. The molecule has 0 aliphatic heterocycles. The minimum absolute atomic E-state index is 0.0417. The minimum Gasteiger partial charge on any atom is -0.493 e. The van der Waals surface area contributed by atoms with Gasteiger partial charge in [-0.2, -0.15) is 0 Å². The number of nitrogens with one attached hydrogen (secondary N) is 3. The van der Waals surface area contributed by atoms with Crippen molar-refractivity contribution in [1.29, 1.82) is 0 Å². The van der Waals surface area contributed by atoms with Crippen molar-refractivity contribution in [1.82, 2.24) is 16.0 Å². The molecule has 0 atom stereocenters. The lowest BCUT2D eigenvalue weighted by atomic mass is 10.1. The molecule has 27 heavy (non-hydrogen) atoms. The maximum atomic E-state index is 11.8. The summed E-state index contributed by atoms with van der Waals surface area (Å²) < 4.78 is 11.0. The molecule has 1 aromatic carbocycles. The number of guanidine groups is 1. The Morgan fingerprint density at radius 2 is 1.96 bits per heavy atom. The molecule has 152 valence electrons. The Hall–Kier alpha value is -2.28. The molecule has 1 amide bonds. The van der Waals surface area contributed by atoms with Crippen molar-refractivity contribution in [2.24, 2.45) is 4.99 Å². The van der Waals surface area contributed by atoms with Gasteiger partial charge in [-0.15, -0.1) is 0 Å². The molecule has 7 nitrogen and oxygen atoms in total. The highest BCUT2D eigenvalue weighted by Crippen LogP contribution is 2.21. The van der Waals surface area contributed by atoms with Crippen LogP contribution >= 0.6 is 0 Å². The Bertz CT molecular complexity index is 591. The minimum atomic E-state index is -0.0417. The van der Waals surface area contributed by atoms with Crippen molar-refractivity contribution in [2.75, 3.05) is 40.0 Å². The number of aryl methyl sites for hydroxylation is 1. The van der Waals surface area contributed by atoms with Crippen molar-refractivity contribution in [2.45, 2.75) is 40.2 Å². The van der Waals surface area contributed by atoms with E-state index >= 15 is 0 Å². The predicted molar refractivity (Wildman–Crippen MR) is 109 cm³/mol. The molecule has 0 aliphatic carbocycles. The Morgan fingerprint density at radius 3 is 2.67 bits per heavy atom. The molecule has 0 radical (unpaired) electrons. The highest BCUT2D eigenvalue weighted by atomic mass is 16.5. The quantitative estimate of drug-likeness (QED) is 0.294. The molecular weight excluding hydrogens is 344 g/mol. The van der Waals surface area contributed by atoms with Crippen LogP contribution in [0.1, 0.15) is 37.8 Å². The summed E-state index contributed by atoms with van der Waals surface area (Å²) in [6.45, 7) is 9.39. The van der Waals surface area contributed by atoms with Crippen molar-refractivity contribution < 1.29 is 14.3 Å². The van der Waals surface area contributed by atoms with Crippen LogP contribution in [0.15, 0.2) is 23.2 Å². The second kappa shape index (κ2) is 13.9. The van der Waals surface area contributed by atoms with Gasteiger partial charge in [-0.25, -0.2) is 4.99 Å². The highest BCUT2D eigenvalue weighted by Gasteiger charge is 2.06. The number of aliphatic imine (C=N–C) groups is 1. The number of benzene rings is 1. The second-order valence-corrected chi connectivity index (χ2v) is 6.20. The topological polar surface area (TPSA) is 84.0 Å². The maximum Gasteiger partial charge on any atom is 0.239 e. The summed E-state index contributed by atoms with van der Waals surface area (Å²) in [5.41, 5.74) is 2.15. The van der Waals surface area contributed by atoms with E-state index in [9.17, 15) is 4.79 Å². The van der Waals surface area contributed by atoms with Gasteiger partial charge in [-0.05, 0) is 31.9 Å². The number of amides is 1. The molecule has 0 aromatic heterocycles. The summed E-state index contributed by atoms with van der Waals surface area (Å²) >= 11 is 0. The third-order valence-corrected chi connectivity index (χ3v) is 3.71. The molecule has 0 spiro atoms. The normalized spacial score (nSPS) is 11.2. The van der Waals surface area contributed by atoms with Crippen LogP contribution < -0.4 is 20.7 Å². The molecule has 1 rings (SSSR count). The van der Waals surface area contributed by atoms with Gasteiger partial charge in [0.2, 0.25) is 5.91 Å². The van der Waals surface area contributed by atoms with Crippen molar-refractivity contribution in [3.63, 3.8) is 0 Å². The standard InChI is InChI=1S/C20H34N4O3/c1-5-10-22-19(25)15-24-20(21-6-2)23-14-17-9-8-16(3)13-18(17)27-12-7-11-26-4/h8-9,13H,5-7,10-12,14-15H2,1-4H3,(H,22,25)(H2,21,23,24). The van der Waals surface area contributed by atoms with Crippen LogP contribution in [0.2, 0.25) is 0 Å². The van der Waals surface area contributed by atoms with Gasteiger partial charge in [0, 0.05) is 38.8 Å². The zero-order valence-electron chi connectivity index (χ0n) is 17.1. The van der Waals surface area contributed by atoms with E-state index in [-0.39, 0.29) is 12.5 Å². The fraction of sp³-hybridized carbons (Fsp3) is 0.600. The fourth-order valence-corrected chi connectivity index (χ4v) is 2.31. The van der Waals surface area contributed by atoms with E-state index in [2.05, 4.69) is 20.9 Å². The molecule has 0 saturated heterocycles. The average molecular weight is 379 g/mol. The molecular formula is C20H34N4O3. The van der Waals surface area contributed by atoms with Crippen LogP contribution in [0.5, 0.6) is 5.75 Å².